The van der Waals surface area contributed by atoms with Gasteiger partial charge in [0.05, 0.1) is 24.8 Å². The summed E-state index contributed by atoms with van der Waals surface area (Å²) in [6.45, 7) is 7.59. The first kappa shape index (κ1) is 26.4. The number of benzene rings is 1. The second-order valence-corrected chi connectivity index (χ2v) is 10.1. The molecule has 0 aliphatic heterocycles. The van der Waals surface area contributed by atoms with Crippen molar-refractivity contribution < 1.29 is 27.9 Å². The first-order chi connectivity index (χ1) is 15.0. The quantitative estimate of drug-likeness (QED) is 0.350. The smallest absolute Gasteiger partial charge is 0.408 e. The van der Waals surface area contributed by atoms with Crippen LogP contribution < -0.4 is 9.82 Å². The predicted octanol–water partition coefficient (Wildman–Crippen LogP) is 3.80. The largest absolute Gasteiger partial charge is 0.497 e. The molecule has 2 aromatic rings. The van der Waals surface area contributed by atoms with Gasteiger partial charge in [0.2, 0.25) is 0 Å². The minimum Gasteiger partial charge on any atom is -0.497 e. The van der Waals surface area contributed by atoms with Gasteiger partial charge in [0.25, 0.3) is 0 Å². The Morgan fingerprint density at radius 2 is 1.91 bits per heavy atom. The van der Waals surface area contributed by atoms with Crippen molar-refractivity contribution in [2.45, 2.75) is 53.1 Å². The Labute approximate surface area is 190 Å². The highest BCUT2D eigenvalue weighted by atomic mass is 31.2. The number of aromatic nitrogens is 1. The van der Waals surface area contributed by atoms with E-state index in [-0.39, 0.29) is 25.5 Å². The highest BCUT2D eigenvalue weighted by molar-refractivity contribution is 7.51. The van der Waals surface area contributed by atoms with E-state index in [4.69, 9.17) is 18.5 Å². The molecule has 10 heteroatoms. The number of carbonyl (C=O) groups excluding carboxylic acids is 1. The maximum absolute atomic E-state index is 13.2. The Bertz CT molecular complexity index is 941. The molecule has 0 bridgehead atoms. The maximum Gasteiger partial charge on any atom is 0.408 e. The number of hydrogen-bond acceptors (Lipinski definition) is 7. The van der Waals surface area contributed by atoms with Gasteiger partial charge >= 0.3 is 13.7 Å². The Balaban J connectivity index is 2.23. The molecule has 32 heavy (non-hydrogen) atoms. The molecule has 1 N–H and O–H groups in total. The Morgan fingerprint density at radius 3 is 2.50 bits per heavy atom. The lowest BCUT2D eigenvalue weighted by atomic mass is 10.1. The molecule has 1 unspecified atom stereocenters. The molecule has 1 aromatic carbocycles. The number of likely N-dealkylation sites (N-methyl/N-ethyl adjacent to an activating group) is 1. The minimum atomic E-state index is -3.76. The number of fused-ring (bicyclic) bond motifs is 1. The number of nitrogens with one attached hydrogen (secondary N) is 1. The Kier molecular flexibility index (Phi) is 9.73. The van der Waals surface area contributed by atoms with Crippen LogP contribution in [0.25, 0.3) is 10.9 Å². The van der Waals surface area contributed by atoms with Crippen LogP contribution in [0.1, 0.15) is 33.3 Å². The van der Waals surface area contributed by atoms with E-state index in [1.807, 2.05) is 43.1 Å². The lowest BCUT2D eigenvalue weighted by Gasteiger charge is -2.21. The molecule has 9 nitrogen and oxygen atoms in total. The molecular weight excluding hydrogens is 433 g/mol. The van der Waals surface area contributed by atoms with E-state index in [1.165, 1.54) is 0 Å². The van der Waals surface area contributed by atoms with Gasteiger partial charge < -0.3 is 18.9 Å². The zero-order valence-corrected chi connectivity index (χ0v) is 21.0. The summed E-state index contributed by atoms with van der Waals surface area (Å²) in [5, 5.41) is 3.66. The van der Waals surface area contributed by atoms with Crippen LogP contribution in [0.5, 0.6) is 5.75 Å². The van der Waals surface area contributed by atoms with Crippen molar-refractivity contribution in [2.75, 3.05) is 34.3 Å². The molecule has 2 rings (SSSR count). The molecule has 0 amide bonds. The van der Waals surface area contributed by atoms with Crippen LogP contribution in [0.3, 0.4) is 0 Å². The highest BCUT2D eigenvalue weighted by Crippen LogP contribution is 2.45. The van der Waals surface area contributed by atoms with Crippen LogP contribution in [0, 0.1) is 0 Å². The maximum atomic E-state index is 13.2. The lowest BCUT2D eigenvalue weighted by molar-refractivity contribution is -0.146. The molecule has 0 spiro atoms. The number of carbonyl (C=O) groups is 1. The van der Waals surface area contributed by atoms with Crippen LogP contribution in [0.15, 0.2) is 24.4 Å². The van der Waals surface area contributed by atoms with Crippen molar-refractivity contribution in [3.63, 3.8) is 0 Å². The van der Waals surface area contributed by atoms with Crippen molar-refractivity contribution in [2.24, 2.45) is 0 Å². The van der Waals surface area contributed by atoms with E-state index in [2.05, 4.69) is 9.99 Å². The molecule has 0 aliphatic carbocycles. The Hall–Kier alpha value is -1.90. The standard InChI is InChI=1S/C22H36N3O6P/c1-16(2)30-22(26)13-23-32(27,31-17(3)4)29-15-25-14-18(10-11-24(5)6)20-12-19(28-7)8-9-21(20)25/h8-9,12,14,16-17H,10-11,13,15H2,1-7H3,(H,23,27). The summed E-state index contributed by atoms with van der Waals surface area (Å²) < 4.78 is 36.8. The van der Waals surface area contributed by atoms with E-state index in [1.54, 1.807) is 34.8 Å². The summed E-state index contributed by atoms with van der Waals surface area (Å²) >= 11 is 0. The SMILES string of the molecule is COc1ccc2c(c1)c(CCN(C)C)cn2COP(=O)(NCC(=O)OC(C)C)OC(C)C. The summed E-state index contributed by atoms with van der Waals surface area (Å²) in [7, 11) is 1.93. The van der Waals surface area contributed by atoms with Crippen LogP contribution >= 0.6 is 7.75 Å². The first-order valence-electron chi connectivity index (χ1n) is 10.7. The molecule has 0 aliphatic rings. The van der Waals surface area contributed by atoms with Crippen LogP contribution in [0.2, 0.25) is 0 Å². The first-order valence-corrected chi connectivity index (χ1v) is 12.3. The molecule has 0 saturated heterocycles. The predicted molar refractivity (Wildman–Crippen MR) is 125 cm³/mol. The zero-order valence-electron chi connectivity index (χ0n) is 20.1. The third kappa shape index (κ3) is 7.90. The third-order valence-electron chi connectivity index (χ3n) is 4.50. The minimum absolute atomic E-state index is 0.0129. The average Bonchev–Trinajstić information content (AvgIpc) is 3.05. The van der Waals surface area contributed by atoms with Crippen molar-refractivity contribution >= 4 is 24.6 Å². The fourth-order valence-corrected chi connectivity index (χ4v) is 4.50. The monoisotopic (exact) mass is 469 g/mol. The van der Waals surface area contributed by atoms with E-state index < -0.39 is 13.7 Å². The summed E-state index contributed by atoms with van der Waals surface area (Å²) in [6.07, 6.45) is 2.19. The van der Waals surface area contributed by atoms with Crippen molar-refractivity contribution in [1.82, 2.24) is 14.6 Å². The van der Waals surface area contributed by atoms with Crippen LogP contribution in [-0.4, -0.2) is 61.9 Å². The normalized spacial score (nSPS) is 13.8. The van der Waals surface area contributed by atoms with Gasteiger partial charge in [-0.05, 0) is 72.0 Å². The fraction of sp³-hybridized carbons (Fsp3) is 0.591. The molecule has 0 radical (unpaired) electrons. The second-order valence-electron chi connectivity index (χ2n) is 8.34. The molecule has 1 atom stereocenters. The van der Waals surface area contributed by atoms with Gasteiger partial charge in [0, 0.05) is 18.1 Å². The second kappa shape index (κ2) is 11.8. The van der Waals surface area contributed by atoms with Crippen molar-refractivity contribution in [3.05, 3.63) is 30.0 Å². The number of nitrogens with zero attached hydrogens (tertiary/aromatic N) is 2. The van der Waals surface area contributed by atoms with Crippen molar-refractivity contribution in [3.8, 4) is 5.75 Å². The molecule has 0 saturated carbocycles. The Morgan fingerprint density at radius 1 is 1.19 bits per heavy atom. The van der Waals surface area contributed by atoms with E-state index >= 15 is 0 Å². The molecule has 0 fully saturated rings. The van der Waals surface area contributed by atoms with E-state index in [0.29, 0.717) is 0 Å². The molecular formula is C22H36N3O6P. The van der Waals surface area contributed by atoms with Crippen molar-refractivity contribution in [1.29, 1.82) is 0 Å². The number of ether oxygens (including phenoxy) is 2. The summed E-state index contributed by atoms with van der Waals surface area (Å²) in [6, 6.07) is 5.80. The van der Waals surface area contributed by atoms with Gasteiger partial charge in [-0.25, -0.2) is 9.65 Å². The van der Waals surface area contributed by atoms with Crippen LogP contribution in [-0.2, 0) is 36.3 Å². The van der Waals surface area contributed by atoms with Gasteiger partial charge in [-0.15, -0.1) is 0 Å². The van der Waals surface area contributed by atoms with Gasteiger partial charge in [-0.1, -0.05) is 0 Å². The zero-order chi connectivity index (χ0) is 23.9. The number of hydrogen-bond donors (Lipinski definition) is 1. The van der Waals surface area contributed by atoms with E-state index in [9.17, 15) is 9.36 Å². The topological polar surface area (TPSA) is 91.3 Å². The summed E-state index contributed by atoms with van der Waals surface area (Å²) in [5.41, 5.74) is 2.05. The molecule has 1 heterocycles. The van der Waals surface area contributed by atoms with Gasteiger partial charge in [0.15, 0.2) is 0 Å². The van der Waals surface area contributed by atoms with Gasteiger partial charge in [-0.2, -0.15) is 0 Å². The average molecular weight is 470 g/mol. The number of methoxy groups -OCH3 is 1. The summed E-state index contributed by atoms with van der Waals surface area (Å²) in [5.74, 6) is 0.238. The molecule has 180 valence electrons. The summed E-state index contributed by atoms with van der Waals surface area (Å²) in [4.78, 5) is 14.0. The lowest BCUT2D eigenvalue weighted by Crippen LogP contribution is -2.27. The van der Waals surface area contributed by atoms with Gasteiger partial charge in [0.1, 0.15) is 19.0 Å². The number of rotatable bonds is 13. The van der Waals surface area contributed by atoms with E-state index in [0.717, 1.165) is 35.2 Å². The third-order valence-corrected chi connectivity index (χ3v) is 6.20. The molecule has 1 aromatic heterocycles. The highest BCUT2D eigenvalue weighted by Gasteiger charge is 2.28. The fourth-order valence-electron chi connectivity index (χ4n) is 3.12. The number of esters is 1. The van der Waals surface area contributed by atoms with Gasteiger partial charge in [-0.3, -0.25) is 13.8 Å². The van der Waals surface area contributed by atoms with Crippen LogP contribution in [0.4, 0.5) is 0 Å².